The zero-order valence-electron chi connectivity index (χ0n) is 71.1. The van der Waals surface area contributed by atoms with Gasteiger partial charge in [0.25, 0.3) is 6.71 Å². The summed E-state index contributed by atoms with van der Waals surface area (Å²) >= 11 is 0. The summed E-state index contributed by atoms with van der Waals surface area (Å²) in [6, 6.07) is 71.7. The van der Waals surface area contributed by atoms with E-state index in [1.54, 1.807) is 4.57 Å². The predicted molar refractivity (Wildman–Crippen MR) is 434 cm³/mol. The summed E-state index contributed by atoms with van der Waals surface area (Å²) in [6.45, 7) is 19.3. The van der Waals surface area contributed by atoms with Gasteiger partial charge in [-0.25, -0.2) is 0 Å². The average Bonchev–Trinajstić information content (AvgIpc) is 1.25. The maximum atomic E-state index is 9.88. The Morgan fingerprint density at radius 3 is 1.39 bits per heavy atom. The Labute approximate surface area is 615 Å². The molecule has 0 saturated heterocycles. The predicted octanol–water partition coefficient (Wildman–Crippen LogP) is 24.4. The summed E-state index contributed by atoms with van der Waals surface area (Å²) < 4.78 is 134. The van der Waals surface area contributed by atoms with Crippen molar-refractivity contribution in [3.63, 3.8) is 0 Å². The molecular formula is C96H77BN4O. The molecule has 6 heteroatoms. The van der Waals surface area contributed by atoms with E-state index in [0.29, 0.717) is 39.5 Å². The maximum Gasteiger partial charge on any atom is 0.252 e. The lowest BCUT2D eigenvalue weighted by molar-refractivity contribution is 0.590. The molecule has 2 aliphatic heterocycles. The zero-order valence-corrected chi connectivity index (χ0v) is 58.1. The molecule has 3 aromatic heterocycles. The smallest absolute Gasteiger partial charge is 0.252 e. The number of anilines is 6. The number of benzene rings is 14. The van der Waals surface area contributed by atoms with Gasteiger partial charge in [-0.15, -0.1) is 0 Å². The van der Waals surface area contributed by atoms with Gasteiger partial charge < -0.3 is 23.4 Å². The molecule has 0 aliphatic carbocycles. The molecule has 0 radical (unpaired) electrons. The number of fused-ring (bicyclic) bond motifs is 13. The highest BCUT2D eigenvalue weighted by Gasteiger charge is 2.46. The number of hydrogen-bond donors (Lipinski definition) is 0. The topological polar surface area (TPSA) is 29.5 Å². The summed E-state index contributed by atoms with van der Waals surface area (Å²) in [4.78, 5) is 4.67. The first kappa shape index (κ1) is 48.8. The second-order valence-electron chi connectivity index (χ2n) is 30.3. The van der Waals surface area contributed by atoms with Gasteiger partial charge in [-0.2, -0.15) is 0 Å². The second kappa shape index (κ2) is 22.8. The quantitative estimate of drug-likeness (QED) is 0.142. The molecule has 0 atom stereocenters. The summed E-state index contributed by atoms with van der Waals surface area (Å²) in [7, 11) is 0. The zero-order chi connectivity index (χ0) is 80.4. The van der Waals surface area contributed by atoms with Crippen LogP contribution >= 0.6 is 0 Å². The molecule has 0 spiro atoms. The lowest BCUT2D eigenvalue weighted by atomic mass is 9.33. The van der Waals surface area contributed by atoms with E-state index in [4.69, 9.17) is 8.53 Å². The molecule has 490 valence electrons. The Hall–Kier alpha value is -11.9. The fourth-order valence-electron chi connectivity index (χ4n) is 16.0. The average molecular weight is 1330 g/mol. The van der Waals surface area contributed by atoms with Gasteiger partial charge in [0.2, 0.25) is 0 Å². The van der Waals surface area contributed by atoms with Gasteiger partial charge in [0.05, 0.1) is 62.3 Å². The van der Waals surface area contributed by atoms with Crippen molar-refractivity contribution in [2.75, 3.05) is 9.80 Å². The van der Waals surface area contributed by atoms with Crippen LogP contribution in [0.2, 0.25) is 0 Å². The van der Waals surface area contributed by atoms with Crippen molar-refractivity contribution in [1.82, 2.24) is 9.13 Å². The SMILES string of the molecule is [2H]c1c([2H])c([2H])c(-c2ccc3c(c2)N(c2c(-c4ccccc4)cc(C(C)(C)C)cc2-c2ccccc2)c2cc(-n4c5ccc(C(C)(C)C)cc5c5cc(C(C)(C)C)ccc54)cc4c2B3c2ccc(-n3c5c([2H])c([2H])c([2H])c([2H])c5c5c([2H])c([2H])c([2H])c([2H])c53)cc2N4c2cc(-c3ccccc3)cc3oc4ccccc4c23)c([2H])c1[2H]. The van der Waals surface area contributed by atoms with Crippen LogP contribution in [0, 0.1) is 0 Å². The molecule has 0 N–H and O–H groups in total. The lowest BCUT2D eigenvalue weighted by Crippen LogP contribution is -2.61. The minimum Gasteiger partial charge on any atom is -0.456 e. The largest absolute Gasteiger partial charge is 0.456 e. The monoisotopic (exact) mass is 1330 g/mol. The Kier molecular flexibility index (Phi) is 10.9. The highest BCUT2D eigenvalue weighted by atomic mass is 16.3. The molecule has 0 bridgehead atoms. The van der Waals surface area contributed by atoms with Crippen molar-refractivity contribution in [3.8, 4) is 55.9 Å². The van der Waals surface area contributed by atoms with Crippen molar-refractivity contribution in [1.29, 1.82) is 0 Å². The molecular weight excluding hydrogens is 1240 g/mol. The fourth-order valence-corrected chi connectivity index (χ4v) is 16.0. The molecule has 14 aromatic carbocycles. The van der Waals surface area contributed by atoms with Gasteiger partial charge in [0.15, 0.2) is 0 Å². The molecule has 0 amide bonds. The Morgan fingerprint density at radius 2 is 0.804 bits per heavy atom. The van der Waals surface area contributed by atoms with E-state index in [1.165, 1.54) is 0 Å². The minimum atomic E-state index is -0.739. The van der Waals surface area contributed by atoms with Gasteiger partial charge in [-0.3, -0.25) is 0 Å². The van der Waals surface area contributed by atoms with E-state index < -0.39 is 78.6 Å². The molecule has 5 nitrogen and oxygen atoms in total. The molecule has 2 aliphatic rings. The Bertz CT molecular complexity index is 6850. The van der Waals surface area contributed by atoms with Crippen LogP contribution in [0.1, 0.15) is 96.8 Å². The van der Waals surface area contributed by atoms with E-state index in [2.05, 4.69) is 216 Å². The van der Waals surface area contributed by atoms with E-state index in [0.717, 1.165) is 122 Å². The van der Waals surface area contributed by atoms with Gasteiger partial charge in [0.1, 0.15) is 11.2 Å². The van der Waals surface area contributed by atoms with Crippen molar-refractivity contribution in [2.24, 2.45) is 0 Å². The van der Waals surface area contributed by atoms with Crippen LogP contribution < -0.4 is 26.2 Å². The number of rotatable bonds is 8. The standard InChI is InChI=1S/C96H77BN4O/c1-94(2,3)66-43-48-82-76(53-66)77-54-67(95(4,5)6)44-49-83(77)99(82)70-58-87-92-88(59-70)101(93-74(62-32-18-12-19-33-62)55-68(96(7,8)9)56-75(93)63-34-20-13-21-35-63)84-50-64(60-28-14-10-15-29-60)42-46-78(84)97(92)79-47-45-69(98-80-39-25-22-36-71(80)72-37-23-26-40-81(72)98)57-85(79)100(87)86-51-65(61-30-16-11-17-31-61)52-90-91(86)73-38-24-27-41-89(73)102-90/h10-59H,1-9H3/i10D,14D,15D,22D,23D,25D,26D,28D,29D,36D,37D,39D,40D. The first-order valence-corrected chi connectivity index (χ1v) is 34.9. The van der Waals surface area contributed by atoms with Crippen molar-refractivity contribution in [2.45, 2.75) is 78.6 Å². The van der Waals surface area contributed by atoms with Crippen LogP contribution in [0.3, 0.4) is 0 Å². The number of para-hydroxylation sites is 3. The third kappa shape index (κ3) is 9.67. The van der Waals surface area contributed by atoms with E-state index in [1.807, 2.05) is 84.9 Å². The van der Waals surface area contributed by atoms with Crippen LogP contribution in [-0.2, 0) is 16.2 Å². The van der Waals surface area contributed by atoms with Crippen molar-refractivity contribution >= 4 is 123 Å². The van der Waals surface area contributed by atoms with Crippen molar-refractivity contribution in [3.05, 3.63) is 320 Å². The van der Waals surface area contributed by atoms with Crippen LogP contribution in [0.4, 0.5) is 34.1 Å². The maximum absolute atomic E-state index is 9.88. The first-order valence-electron chi connectivity index (χ1n) is 41.4. The summed E-state index contributed by atoms with van der Waals surface area (Å²) in [5, 5.41) is 3.58. The van der Waals surface area contributed by atoms with Gasteiger partial charge in [0, 0.05) is 66.5 Å². The lowest BCUT2D eigenvalue weighted by Gasteiger charge is -2.45. The number of aromatic nitrogens is 2. The normalized spacial score (nSPS) is 14.9. The summed E-state index contributed by atoms with van der Waals surface area (Å²) in [5.41, 5.74) is 19.0. The highest BCUT2D eigenvalue weighted by Crippen LogP contribution is 2.55. The highest BCUT2D eigenvalue weighted by molar-refractivity contribution is 7.00. The third-order valence-electron chi connectivity index (χ3n) is 21.0. The molecule has 0 unspecified atom stereocenters. The number of hydrogen-bond acceptors (Lipinski definition) is 3. The second-order valence-corrected chi connectivity index (χ2v) is 30.3. The van der Waals surface area contributed by atoms with E-state index in [9.17, 15) is 13.7 Å². The number of nitrogens with zero attached hydrogens (tertiary/aromatic N) is 4. The Balaban J connectivity index is 1.06. The van der Waals surface area contributed by atoms with Gasteiger partial charge >= 0.3 is 0 Å². The molecule has 0 fully saturated rings. The van der Waals surface area contributed by atoms with Crippen LogP contribution in [0.5, 0.6) is 0 Å². The van der Waals surface area contributed by atoms with Crippen LogP contribution in [0.25, 0.3) is 121 Å². The minimum absolute atomic E-state index is 0.0230. The van der Waals surface area contributed by atoms with Crippen LogP contribution in [-0.4, -0.2) is 15.8 Å². The third-order valence-corrected chi connectivity index (χ3v) is 21.0. The number of furan rings is 1. The fraction of sp³-hybridized carbons (Fsp3) is 0.125. The van der Waals surface area contributed by atoms with E-state index in [-0.39, 0.29) is 50.3 Å². The Morgan fingerprint density at radius 1 is 0.314 bits per heavy atom. The summed E-state index contributed by atoms with van der Waals surface area (Å²) in [5.74, 6) is 0. The van der Waals surface area contributed by atoms with Gasteiger partial charge in [-0.1, -0.05) is 268 Å². The first-order chi connectivity index (χ1) is 54.9. The summed E-state index contributed by atoms with van der Waals surface area (Å²) in [6.07, 6.45) is 0. The molecule has 0 saturated carbocycles. The van der Waals surface area contributed by atoms with Crippen LogP contribution in [0.15, 0.2) is 307 Å². The van der Waals surface area contributed by atoms with Crippen molar-refractivity contribution < 1.29 is 22.2 Å². The molecule has 5 heterocycles. The molecule has 102 heavy (non-hydrogen) atoms. The molecule has 19 rings (SSSR count). The van der Waals surface area contributed by atoms with E-state index >= 15 is 0 Å². The van der Waals surface area contributed by atoms with Gasteiger partial charge in [-0.05, 0) is 180 Å². The molecule has 17 aromatic rings.